The van der Waals surface area contributed by atoms with Gasteiger partial charge in [0.05, 0.1) is 11.2 Å². The van der Waals surface area contributed by atoms with Crippen molar-refractivity contribution in [2.24, 2.45) is 0 Å². The number of hydrogen-bond acceptors (Lipinski definition) is 5. The number of aryl methyl sites for hydroxylation is 2. The lowest BCUT2D eigenvalue weighted by molar-refractivity contribution is -0.122. The molecule has 0 bridgehead atoms. The molecular weight excluding hydrogens is 380 g/mol. The molecule has 1 fully saturated rings. The summed E-state index contributed by atoms with van der Waals surface area (Å²) in [5, 5.41) is 2.89. The van der Waals surface area contributed by atoms with E-state index < -0.39 is 0 Å². The average Bonchev–Trinajstić information content (AvgIpc) is 3.22. The number of nitrogens with one attached hydrogen (secondary N) is 1. The number of carbonyl (C=O) groups excluding carboxylic acids is 2. The molecule has 0 aliphatic carbocycles. The molecule has 0 saturated carbocycles. The molecule has 1 saturated heterocycles. The molecule has 27 heavy (non-hydrogen) atoms. The Morgan fingerprint density at radius 1 is 1.30 bits per heavy atom. The molecule has 1 aromatic heterocycles. The Morgan fingerprint density at radius 2 is 2.11 bits per heavy atom. The van der Waals surface area contributed by atoms with Crippen molar-refractivity contribution in [3.63, 3.8) is 0 Å². The summed E-state index contributed by atoms with van der Waals surface area (Å²) in [6.07, 6.45) is 4.10. The van der Waals surface area contributed by atoms with E-state index in [1.54, 1.807) is 24.5 Å². The second-order valence-electron chi connectivity index (χ2n) is 6.30. The van der Waals surface area contributed by atoms with Crippen LogP contribution in [-0.2, 0) is 9.59 Å². The third-order valence-corrected chi connectivity index (χ3v) is 5.64. The minimum atomic E-state index is -0.143. The molecule has 140 valence electrons. The van der Waals surface area contributed by atoms with E-state index in [4.69, 9.17) is 16.6 Å². The Labute approximate surface area is 167 Å². The summed E-state index contributed by atoms with van der Waals surface area (Å²) in [4.78, 5) is 26.7. The van der Waals surface area contributed by atoms with Gasteiger partial charge in [-0.1, -0.05) is 30.0 Å². The number of benzene rings is 1. The molecule has 5 nitrogen and oxygen atoms in total. The van der Waals surface area contributed by atoms with Gasteiger partial charge >= 0.3 is 0 Å². The van der Waals surface area contributed by atoms with E-state index in [-0.39, 0.29) is 11.8 Å². The fourth-order valence-corrected chi connectivity index (χ4v) is 3.92. The van der Waals surface area contributed by atoms with E-state index in [1.807, 2.05) is 32.0 Å². The summed E-state index contributed by atoms with van der Waals surface area (Å²) in [7, 11) is 0. The first-order valence-electron chi connectivity index (χ1n) is 8.60. The summed E-state index contributed by atoms with van der Waals surface area (Å²) in [5.74, 6) is 0.397. The molecule has 7 heteroatoms. The third kappa shape index (κ3) is 4.87. The molecule has 0 unspecified atom stereocenters. The van der Waals surface area contributed by atoms with Crippen molar-refractivity contribution in [1.82, 2.24) is 4.90 Å². The van der Waals surface area contributed by atoms with Crippen LogP contribution in [0.15, 0.2) is 45.9 Å². The van der Waals surface area contributed by atoms with Gasteiger partial charge in [-0.3, -0.25) is 14.5 Å². The number of amides is 2. The van der Waals surface area contributed by atoms with Crippen molar-refractivity contribution >= 4 is 51.9 Å². The first kappa shape index (κ1) is 19.4. The second-order valence-corrected chi connectivity index (χ2v) is 7.98. The van der Waals surface area contributed by atoms with Gasteiger partial charge in [0, 0.05) is 24.7 Å². The van der Waals surface area contributed by atoms with Crippen molar-refractivity contribution in [3.8, 4) is 0 Å². The Hall–Kier alpha value is -2.38. The number of carbonyl (C=O) groups is 2. The number of hydrogen-bond donors (Lipinski definition) is 1. The zero-order valence-electron chi connectivity index (χ0n) is 15.2. The molecule has 0 radical (unpaired) electrons. The summed E-state index contributed by atoms with van der Waals surface area (Å²) in [6, 6.07) is 9.37. The van der Waals surface area contributed by atoms with Crippen molar-refractivity contribution in [1.29, 1.82) is 0 Å². The smallest absolute Gasteiger partial charge is 0.266 e. The van der Waals surface area contributed by atoms with E-state index in [9.17, 15) is 9.59 Å². The molecule has 1 aliphatic rings. The van der Waals surface area contributed by atoms with Gasteiger partial charge in [0.25, 0.3) is 5.91 Å². The van der Waals surface area contributed by atoms with Crippen LogP contribution in [0.5, 0.6) is 0 Å². The standard InChI is InChI=1S/C20H20N2O3S2/c1-13-7-8-15(11-14(13)2)21-18(23)6-3-9-22-19(24)17(27-20(22)26)12-16-5-4-10-25-16/h4-5,7-8,10-12H,3,6,9H2,1-2H3,(H,21,23). The molecule has 2 amide bonds. The number of furan rings is 1. The van der Waals surface area contributed by atoms with E-state index in [1.165, 1.54) is 22.2 Å². The van der Waals surface area contributed by atoms with Crippen LogP contribution in [0.25, 0.3) is 6.08 Å². The van der Waals surface area contributed by atoms with Crippen molar-refractivity contribution < 1.29 is 14.0 Å². The highest BCUT2D eigenvalue weighted by Gasteiger charge is 2.31. The van der Waals surface area contributed by atoms with Gasteiger partial charge in [-0.15, -0.1) is 0 Å². The topological polar surface area (TPSA) is 62.6 Å². The second kappa shape index (κ2) is 8.54. The van der Waals surface area contributed by atoms with Crippen LogP contribution in [0.3, 0.4) is 0 Å². The van der Waals surface area contributed by atoms with Gasteiger partial charge < -0.3 is 9.73 Å². The van der Waals surface area contributed by atoms with E-state index in [0.29, 0.717) is 34.4 Å². The molecule has 1 aliphatic heterocycles. The van der Waals surface area contributed by atoms with Crippen molar-refractivity contribution in [3.05, 3.63) is 58.4 Å². The number of nitrogens with zero attached hydrogens (tertiary/aromatic N) is 1. The van der Waals surface area contributed by atoms with Gasteiger partial charge in [-0.2, -0.15) is 0 Å². The average molecular weight is 401 g/mol. The summed E-state index contributed by atoms with van der Waals surface area (Å²) >= 11 is 6.55. The lowest BCUT2D eigenvalue weighted by atomic mass is 10.1. The van der Waals surface area contributed by atoms with E-state index in [0.717, 1.165) is 11.3 Å². The molecular formula is C20H20N2O3S2. The molecule has 2 aromatic rings. The van der Waals surface area contributed by atoms with E-state index in [2.05, 4.69) is 5.32 Å². The monoisotopic (exact) mass is 400 g/mol. The van der Waals surface area contributed by atoms with Crippen LogP contribution in [0.1, 0.15) is 29.7 Å². The zero-order chi connectivity index (χ0) is 19.4. The number of rotatable bonds is 6. The normalized spacial score (nSPS) is 15.6. The zero-order valence-corrected chi connectivity index (χ0v) is 16.8. The van der Waals surface area contributed by atoms with Crippen LogP contribution < -0.4 is 5.32 Å². The molecule has 2 heterocycles. The minimum Gasteiger partial charge on any atom is -0.465 e. The first-order valence-corrected chi connectivity index (χ1v) is 9.82. The predicted molar refractivity (Wildman–Crippen MR) is 112 cm³/mol. The quantitative estimate of drug-likeness (QED) is 0.571. The molecule has 0 atom stereocenters. The van der Waals surface area contributed by atoms with Crippen LogP contribution in [-0.4, -0.2) is 27.6 Å². The highest BCUT2D eigenvalue weighted by Crippen LogP contribution is 2.32. The van der Waals surface area contributed by atoms with E-state index >= 15 is 0 Å². The summed E-state index contributed by atoms with van der Waals surface area (Å²) < 4.78 is 5.75. The van der Waals surface area contributed by atoms with Gasteiger partial charge in [-0.25, -0.2) is 0 Å². The van der Waals surface area contributed by atoms with Crippen LogP contribution in [0.4, 0.5) is 5.69 Å². The Morgan fingerprint density at radius 3 is 2.81 bits per heavy atom. The lowest BCUT2D eigenvalue weighted by Crippen LogP contribution is -2.29. The minimum absolute atomic E-state index is 0.0742. The van der Waals surface area contributed by atoms with Crippen LogP contribution >= 0.6 is 24.0 Å². The fourth-order valence-electron chi connectivity index (χ4n) is 2.64. The summed E-state index contributed by atoms with van der Waals surface area (Å²) in [6.45, 7) is 4.46. The molecule has 1 N–H and O–H groups in total. The Balaban J connectivity index is 1.51. The van der Waals surface area contributed by atoms with Gasteiger partial charge in [0.1, 0.15) is 10.1 Å². The Bertz CT molecular complexity index is 904. The predicted octanol–water partition coefficient (Wildman–Crippen LogP) is 4.52. The molecule has 0 spiro atoms. The number of anilines is 1. The lowest BCUT2D eigenvalue weighted by Gasteiger charge is -2.14. The van der Waals surface area contributed by atoms with Gasteiger partial charge in [-0.05, 0) is 55.7 Å². The Kier molecular flexibility index (Phi) is 6.13. The molecule has 1 aromatic carbocycles. The molecule has 3 rings (SSSR count). The largest absolute Gasteiger partial charge is 0.465 e. The maximum absolute atomic E-state index is 12.5. The van der Waals surface area contributed by atoms with Crippen LogP contribution in [0.2, 0.25) is 0 Å². The number of thiocarbonyl (C=S) groups is 1. The van der Waals surface area contributed by atoms with Crippen molar-refractivity contribution in [2.45, 2.75) is 26.7 Å². The SMILES string of the molecule is Cc1ccc(NC(=O)CCCN2C(=O)C(=Cc3ccco3)SC2=S)cc1C. The third-order valence-electron chi connectivity index (χ3n) is 4.27. The van der Waals surface area contributed by atoms with Crippen molar-refractivity contribution in [2.75, 3.05) is 11.9 Å². The fraction of sp³-hybridized carbons (Fsp3) is 0.250. The van der Waals surface area contributed by atoms with Gasteiger partial charge in [0.15, 0.2) is 0 Å². The highest BCUT2D eigenvalue weighted by atomic mass is 32.2. The highest BCUT2D eigenvalue weighted by molar-refractivity contribution is 8.26. The number of thioether (sulfide) groups is 1. The van der Waals surface area contributed by atoms with Crippen LogP contribution in [0, 0.1) is 13.8 Å². The van der Waals surface area contributed by atoms with Gasteiger partial charge in [0.2, 0.25) is 5.91 Å². The maximum Gasteiger partial charge on any atom is 0.266 e. The first-order chi connectivity index (χ1) is 12.9. The summed E-state index contributed by atoms with van der Waals surface area (Å²) in [5.41, 5.74) is 3.11. The maximum atomic E-state index is 12.5.